The SMILES string of the molecule is COc1cccc(F)c1C(=O)CCN1CCCCC1CO. The van der Waals surface area contributed by atoms with Crippen LogP contribution >= 0.6 is 0 Å². The molecule has 0 amide bonds. The van der Waals surface area contributed by atoms with E-state index in [0.29, 0.717) is 6.54 Å². The first-order valence-electron chi connectivity index (χ1n) is 7.38. The molecular formula is C16H22FNO3. The Hall–Kier alpha value is -1.46. The molecule has 116 valence electrons. The first-order chi connectivity index (χ1) is 10.2. The number of aliphatic hydroxyl groups excluding tert-OH is 1. The predicted octanol–water partition coefficient (Wildman–Crippen LogP) is 2.25. The molecular weight excluding hydrogens is 273 g/mol. The molecule has 1 fully saturated rings. The Kier molecular flexibility index (Phi) is 5.70. The van der Waals surface area contributed by atoms with Crippen molar-refractivity contribution in [2.24, 2.45) is 0 Å². The van der Waals surface area contributed by atoms with E-state index in [-0.39, 0.29) is 36.2 Å². The van der Waals surface area contributed by atoms with Gasteiger partial charge in [-0.1, -0.05) is 12.5 Å². The summed E-state index contributed by atoms with van der Waals surface area (Å²) in [6.45, 7) is 1.53. The molecule has 0 aromatic heterocycles. The van der Waals surface area contributed by atoms with Crippen LogP contribution in [0.1, 0.15) is 36.0 Å². The van der Waals surface area contributed by atoms with Crippen molar-refractivity contribution < 1.29 is 19.0 Å². The lowest BCUT2D eigenvalue weighted by molar-refractivity contribution is 0.0789. The molecule has 1 aliphatic heterocycles. The maximum atomic E-state index is 13.8. The van der Waals surface area contributed by atoms with Crippen molar-refractivity contribution in [1.29, 1.82) is 0 Å². The van der Waals surface area contributed by atoms with Gasteiger partial charge in [-0.05, 0) is 31.5 Å². The molecule has 1 aromatic carbocycles. The van der Waals surface area contributed by atoms with E-state index >= 15 is 0 Å². The second kappa shape index (κ2) is 7.52. The molecule has 0 bridgehead atoms. The normalized spacial score (nSPS) is 19.5. The Morgan fingerprint density at radius 3 is 3.00 bits per heavy atom. The number of hydrogen-bond acceptors (Lipinski definition) is 4. The van der Waals surface area contributed by atoms with Crippen LogP contribution in [0.2, 0.25) is 0 Å². The number of benzene rings is 1. The maximum absolute atomic E-state index is 13.8. The number of aliphatic hydroxyl groups is 1. The number of nitrogens with zero attached hydrogens (tertiary/aromatic N) is 1. The molecule has 21 heavy (non-hydrogen) atoms. The molecule has 5 heteroatoms. The first-order valence-corrected chi connectivity index (χ1v) is 7.38. The van der Waals surface area contributed by atoms with Crippen molar-refractivity contribution in [2.45, 2.75) is 31.7 Å². The van der Waals surface area contributed by atoms with Gasteiger partial charge in [-0.3, -0.25) is 9.69 Å². The zero-order valence-corrected chi connectivity index (χ0v) is 12.3. The minimum absolute atomic E-state index is 0.0255. The van der Waals surface area contributed by atoms with E-state index in [1.54, 1.807) is 6.07 Å². The number of ketones is 1. The summed E-state index contributed by atoms with van der Waals surface area (Å²) in [7, 11) is 1.43. The van der Waals surface area contributed by atoms with E-state index in [9.17, 15) is 14.3 Å². The lowest BCUT2D eigenvalue weighted by Gasteiger charge is -2.34. The molecule has 0 spiro atoms. The number of hydrogen-bond donors (Lipinski definition) is 1. The molecule has 1 saturated heterocycles. The number of piperidine rings is 1. The molecule has 0 saturated carbocycles. The Labute approximate surface area is 124 Å². The summed E-state index contributed by atoms with van der Waals surface area (Å²) < 4.78 is 18.9. The van der Waals surface area contributed by atoms with Gasteiger partial charge < -0.3 is 9.84 Å². The molecule has 2 rings (SSSR count). The van der Waals surface area contributed by atoms with Crippen LogP contribution in [0.25, 0.3) is 0 Å². The average Bonchev–Trinajstić information content (AvgIpc) is 2.52. The summed E-state index contributed by atoms with van der Waals surface area (Å²) in [5, 5.41) is 9.36. The number of ether oxygens (including phenoxy) is 1. The highest BCUT2D eigenvalue weighted by Crippen LogP contribution is 2.23. The zero-order valence-electron chi connectivity index (χ0n) is 12.3. The second-order valence-electron chi connectivity index (χ2n) is 5.36. The Morgan fingerprint density at radius 1 is 1.48 bits per heavy atom. The Balaban J connectivity index is 2.01. The van der Waals surface area contributed by atoms with Gasteiger partial charge in [-0.2, -0.15) is 0 Å². The smallest absolute Gasteiger partial charge is 0.170 e. The van der Waals surface area contributed by atoms with Gasteiger partial charge in [0.1, 0.15) is 11.6 Å². The number of methoxy groups -OCH3 is 1. The van der Waals surface area contributed by atoms with Crippen LogP contribution in [0.3, 0.4) is 0 Å². The summed E-state index contributed by atoms with van der Waals surface area (Å²) in [6.07, 6.45) is 3.37. The van der Waals surface area contributed by atoms with E-state index in [2.05, 4.69) is 4.90 Å². The highest BCUT2D eigenvalue weighted by atomic mass is 19.1. The van der Waals surface area contributed by atoms with Crippen LogP contribution in [0.4, 0.5) is 4.39 Å². The molecule has 1 atom stereocenters. The first kappa shape index (κ1) is 15.9. The monoisotopic (exact) mass is 295 g/mol. The number of carbonyl (C=O) groups is 1. The van der Waals surface area contributed by atoms with Crippen LogP contribution in [-0.2, 0) is 0 Å². The highest BCUT2D eigenvalue weighted by molar-refractivity contribution is 5.99. The summed E-state index contributed by atoms with van der Waals surface area (Å²) in [5.41, 5.74) is 0.0255. The third kappa shape index (κ3) is 3.80. The molecule has 4 nitrogen and oxygen atoms in total. The summed E-state index contributed by atoms with van der Waals surface area (Å²) in [4.78, 5) is 14.4. The molecule has 1 heterocycles. The molecule has 0 radical (unpaired) electrons. The number of Topliss-reactive ketones (excluding diaryl/α,β-unsaturated/α-hetero) is 1. The Bertz CT molecular complexity index is 492. The highest BCUT2D eigenvalue weighted by Gasteiger charge is 2.23. The summed E-state index contributed by atoms with van der Waals surface area (Å²) in [6, 6.07) is 4.51. The third-order valence-electron chi connectivity index (χ3n) is 4.06. The van der Waals surface area contributed by atoms with E-state index < -0.39 is 5.82 Å². The Morgan fingerprint density at radius 2 is 2.29 bits per heavy atom. The van der Waals surface area contributed by atoms with E-state index in [1.807, 2.05) is 0 Å². The fourth-order valence-corrected chi connectivity index (χ4v) is 2.88. The quantitative estimate of drug-likeness (QED) is 0.818. The lowest BCUT2D eigenvalue weighted by atomic mass is 10.0. The largest absolute Gasteiger partial charge is 0.496 e. The summed E-state index contributed by atoms with van der Waals surface area (Å²) >= 11 is 0. The fourth-order valence-electron chi connectivity index (χ4n) is 2.88. The maximum Gasteiger partial charge on any atom is 0.170 e. The molecule has 1 N–H and O–H groups in total. The van der Waals surface area contributed by atoms with Gasteiger partial charge in [0, 0.05) is 19.0 Å². The lowest BCUT2D eigenvalue weighted by Crippen LogP contribution is -2.42. The molecule has 1 aromatic rings. The van der Waals surface area contributed by atoms with Crippen LogP contribution in [0.15, 0.2) is 18.2 Å². The van der Waals surface area contributed by atoms with E-state index in [4.69, 9.17) is 4.74 Å². The predicted molar refractivity (Wildman–Crippen MR) is 78.2 cm³/mol. The van der Waals surface area contributed by atoms with Gasteiger partial charge in [0.25, 0.3) is 0 Å². The van der Waals surface area contributed by atoms with Gasteiger partial charge in [0.2, 0.25) is 0 Å². The number of rotatable bonds is 6. The van der Waals surface area contributed by atoms with Gasteiger partial charge in [-0.15, -0.1) is 0 Å². The number of carbonyl (C=O) groups excluding carboxylic acids is 1. The van der Waals surface area contributed by atoms with Gasteiger partial charge in [0.15, 0.2) is 5.78 Å². The van der Waals surface area contributed by atoms with Crippen molar-refractivity contribution >= 4 is 5.78 Å². The van der Waals surface area contributed by atoms with Crippen molar-refractivity contribution in [3.8, 4) is 5.75 Å². The van der Waals surface area contributed by atoms with Gasteiger partial charge in [-0.25, -0.2) is 4.39 Å². The second-order valence-corrected chi connectivity index (χ2v) is 5.36. The molecule has 0 aliphatic carbocycles. The summed E-state index contributed by atoms with van der Waals surface area (Å²) in [5.74, 6) is -0.527. The zero-order chi connectivity index (χ0) is 15.2. The minimum Gasteiger partial charge on any atom is -0.496 e. The number of halogens is 1. The van der Waals surface area contributed by atoms with Crippen molar-refractivity contribution in [1.82, 2.24) is 4.90 Å². The van der Waals surface area contributed by atoms with Crippen LogP contribution in [0.5, 0.6) is 5.75 Å². The topological polar surface area (TPSA) is 49.8 Å². The third-order valence-corrected chi connectivity index (χ3v) is 4.06. The van der Waals surface area contributed by atoms with Gasteiger partial charge >= 0.3 is 0 Å². The minimum atomic E-state index is -0.545. The van der Waals surface area contributed by atoms with Gasteiger partial charge in [0.05, 0.1) is 19.3 Å². The average molecular weight is 295 g/mol. The van der Waals surface area contributed by atoms with Crippen molar-refractivity contribution in [3.05, 3.63) is 29.6 Å². The molecule has 1 aliphatic rings. The standard InChI is InChI=1S/C16H22FNO3/c1-21-15-7-4-6-13(17)16(15)14(20)8-10-18-9-3-2-5-12(18)11-19/h4,6-7,12,19H,2-3,5,8-11H2,1H3. The number of likely N-dealkylation sites (tertiary alicyclic amines) is 1. The van der Waals surface area contributed by atoms with Crippen LogP contribution in [0, 0.1) is 5.82 Å². The van der Waals surface area contributed by atoms with Crippen LogP contribution < -0.4 is 4.74 Å². The molecule has 1 unspecified atom stereocenters. The van der Waals surface area contributed by atoms with E-state index in [1.165, 1.54) is 19.2 Å². The van der Waals surface area contributed by atoms with Crippen molar-refractivity contribution in [3.63, 3.8) is 0 Å². The fraction of sp³-hybridized carbons (Fsp3) is 0.562. The van der Waals surface area contributed by atoms with Crippen LogP contribution in [-0.4, -0.2) is 48.6 Å². The van der Waals surface area contributed by atoms with Crippen molar-refractivity contribution in [2.75, 3.05) is 26.8 Å². The van der Waals surface area contributed by atoms with E-state index in [0.717, 1.165) is 25.8 Å².